The lowest BCUT2D eigenvalue weighted by Crippen LogP contribution is -2.13. The number of thiazole rings is 1. The predicted molar refractivity (Wildman–Crippen MR) is 71.4 cm³/mol. The Morgan fingerprint density at radius 1 is 1.32 bits per heavy atom. The Hall–Kier alpha value is -2.54. The number of carbonyl (C=O) groups excluding carboxylic acids is 1. The van der Waals surface area contributed by atoms with E-state index in [1.165, 1.54) is 17.7 Å². The molecule has 0 atom stereocenters. The molecule has 0 fully saturated rings. The summed E-state index contributed by atoms with van der Waals surface area (Å²) in [5, 5.41) is 8.47. The molecule has 6 nitrogen and oxygen atoms in total. The van der Waals surface area contributed by atoms with Crippen LogP contribution in [-0.2, 0) is 0 Å². The molecule has 0 unspecified atom stereocenters. The fraction of sp³-hybridized carbons (Fsp3) is 0. The molecule has 0 radical (unpaired) electrons. The second kappa shape index (κ2) is 4.62. The number of nitrogens with zero attached hydrogens (tertiary/aromatic N) is 3. The van der Waals surface area contributed by atoms with Crippen molar-refractivity contribution in [3.8, 4) is 22.6 Å². The van der Waals surface area contributed by atoms with E-state index < -0.39 is 5.91 Å². The van der Waals surface area contributed by atoms with Crippen LogP contribution in [0.15, 0.2) is 35.4 Å². The van der Waals surface area contributed by atoms with Gasteiger partial charge in [0.15, 0.2) is 5.82 Å². The van der Waals surface area contributed by atoms with Gasteiger partial charge in [-0.2, -0.15) is 5.10 Å². The molecule has 2 aromatic heterocycles. The largest absolute Gasteiger partial charge is 0.366 e. The van der Waals surface area contributed by atoms with Gasteiger partial charge in [-0.1, -0.05) is 12.1 Å². The highest BCUT2D eigenvalue weighted by molar-refractivity contribution is 7.07. The van der Waals surface area contributed by atoms with Gasteiger partial charge in [0, 0.05) is 22.1 Å². The van der Waals surface area contributed by atoms with Crippen LogP contribution in [0, 0.1) is 0 Å². The van der Waals surface area contributed by atoms with Crippen molar-refractivity contribution < 1.29 is 4.79 Å². The molecule has 3 aromatic rings. The summed E-state index contributed by atoms with van der Waals surface area (Å²) in [6.45, 7) is 0. The van der Waals surface area contributed by atoms with Crippen LogP contribution in [0.3, 0.4) is 0 Å². The molecule has 3 rings (SSSR count). The van der Waals surface area contributed by atoms with Gasteiger partial charge in [-0.3, -0.25) is 9.89 Å². The zero-order valence-electron chi connectivity index (χ0n) is 9.70. The number of benzene rings is 1. The second-order valence-corrected chi connectivity index (χ2v) is 4.52. The number of rotatable bonds is 3. The molecule has 0 saturated carbocycles. The molecular weight excluding hydrogens is 262 g/mol. The number of aromatic nitrogens is 4. The lowest BCUT2D eigenvalue weighted by Gasteiger charge is -2.09. The van der Waals surface area contributed by atoms with Gasteiger partial charge in [0.25, 0.3) is 0 Å². The summed E-state index contributed by atoms with van der Waals surface area (Å²) in [6, 6.07) is 5.28. The second-order valence-electron chi connectivity index (χ2n) is 3.80. The van der Waals surface area contributed by atoms with Crippen LogP contribution in [0.25, 0.3) is 22.6 Å². The number of amides is 1. The minimum Gasteiger partial charge on any atom is -0.366 e. The topological polar surface area (TPSA) is 97.5 Å². The smallest absolute Gasteiger partial charge is 0.249 e. The lowest BCUT2D eigenvalue weighted by atomic mass is 9.98. The van der Waals surface area contributed by atoms with Gasteiger partial charge in [-0.05, 0) is 6.07 Å². The Morgan fingerprint density at radius 3 is 2.84 bits per heavy atom. The van der Waals surface area contributed by atoms with Crippen molar-refractivity contribution in [3.63, 3.8) is 0 Å². The lowest BCUT2D eigenvalue weighted by molar-refractivity contribution is 0.100. The van der Waals surface area contributed by atoms with E-state index in [0.29, 0.717) is 22.6 Å². The molecular formula is C12H9N5OS. The van der Waals surface area contributed by atoms with Crippen LogP contribution in [-0.4, -0.2) is 26.1 Å². The average molecular weight is 271 g/mol. The molecule has 3 N–H and O–H groups in total. The highest BCUT2D eigenvalue weighted by Crippen LogP contribution is 2.32. The molecule has 1 aromatic carbocycles. The monoisotopic (exact) mass is 271 g/mol. The summed E-state index contributed by atoms with van der Waals surface area (Å²) in [6.07, 6.45) is 1.41. The number of H-pyrrole nitrogens is 1. The van der Waals surface area contributed by atoms with Crippen LogP contribution in [0.1, 0.15) is 10.4 Å². The van der Waals surface area contributed by atoms with E-state index in [2.05, 4.69) is 20.2 Å². The summed E-state index contributed by atoms with van der Waals surface area (Å²) in [4.78, 5) is 20.0. The third kappa shape index (κ3) is 2.00. The summed E-state index contributed by atoms with van der Waals surface area (Å²) in [7, 11) is 0. The number of carbonyl (C=O) groups is 1. The first-order chi connectivity index (χ1) is 9.27. The molecule has 0 bridgehead atoms. The molecule has 0 saturated heterocycles. The van der Waals surface area contributed by atoms with E-state index in [0.717, 1.165) is 5.56 Å². The summed E-state index contributed by atoms with van der Waals surface area (Å²) in [5.41, 5.74) is 9.68. The van der Waals surface area contributed by atoms with Crippen LogP contribution in [0.5, 0.6) is 0 Å². The van der Waals surface area contributed by atoms with Gasteiger partial charge >= 0.3 is 0 Å². The minimum atomic E-state index is -0.496. The average Bonchev–Trinajstić information content (AvgIpc) is 3.11. The first-order valence-electron chi connectivity index (χ1n) is 5.44. The number of primary amides is 1. The first-order valence-corrected chi connectivity index (χ1v) is 6.39. The zero-order valence-corrected chi connectivity index (χ0v) is 10.5. The molecule has 94 valence electrons. The molecule has 0 spiro atoms. The normalized spacial score (nSPS) is 10.5. The van der Waals surface area contributed by atoms with Crippen molar-refractivity contribution in [3.05, 3.63) is 41.0 Å². The van der Waals surface area contributed by atoms with E-state index >= 15 is 0 Å². The summed E-state index contributed by atoms with van der Waals surface area (Å²) >= 11 is 1.45. The quantitative estimate of drug-likeness (QED) is 0.757. The van der Waals surface area contributed by atoms with E-state index in [1.54, 1.807) is 17.6 Å². The van der Waals surface area contributed by atoms with E-state index in [9.17, 15) is 4.79 Å². The van der Waals surface area contributed by atoms with Crippen molar-refractivity contribution in [1.29, 1.82) is 0 Å². The maximum Gasteiger partial charge on any atom is 0.249 e. The van der Waals surface area contributed by atoms with E-state index in [4.69, 9.17) is 5.73 Å². The van der Waals surface area contributed by atoms with Crippen LogP contribution in [0.2, 0.25) is 0 Å². The minimum absolute atomic E-state index is 0.416. The zero-order chi connectivity index (χ0) is 13.2. The third-order valence-corrected chi connectivity index (χ3v) is 3.27. The molecule has 0 aliphatic rings. The van der Waals surface area contributed by atoms with Crippen molar-refractivity contribution in [2.75, 3.05) is 0 Å². The maximum atomic E-state index is 11.6. The molecule has 0 aliphatic heterocycles. The van der Waals surface area contributed by atoms with Crippen LogP contribution < -0.4 is 5.73 Å². The van der Waals surface area contributed by atoms with E-state index in [1.807, 2.05) is 11.4 Å². The van der Waals surface area contributed by atoms with Crippen LogP contribution >= 0.6 is 11.3 Å². The Labute approximate surface area is 112 Å². The van der Waals surface area contributed by atoms with Gasteiger partial charge in [0.2, 0.25) is 5.91 Å². The summed E-state index contributed by atoms with van der Waals surface area (Å²) < 4.78 is 0. The number of hydrogen-bond acceptors (Lipinski definition) is 5. The number of aromatic amines is 1. The van der Waals surface area contributed by atoms with Gasteiger partial charge in [-0.25, -0.2) is 9.97 Å². The van der Waals surface area contributed by atoms with Crippen molar-refractivity contribution in [1.82, 2.24) is 20.2 Å². The number of nitrogens with two attached hydrogens (primary N) is 1. The van der Waals surface area contributed by atoms with Crippen molar-refractivity contribution in [2.45, 2.75) is 0 Å². The Bertz CT molecular complexity index is 706. The van der Waals surface area contributed by atoms with Gasteiger partial charge in [0.1, 0.15) is 6.33 Å². The van der Waals surface area contributed by atoms with E-state index in [-0.39, 0.29) is 0 Å². The number of hydrogen-bond donors (Lipinski definition) is 2. The fourth-order valence-electron chi connectivity index (χ4n) is 1.90. The van der Waals surface area contributed by atoms with Gasteiger partial charge < -0.3 is 5.73 Å². The standard InChI is InChI=1S/C12H9N5OS/c13-11(18)7-2-1-3-8(12-14-5-16-17-12)10(7)9-4-19-6-15-9/h1-6H,(H2,13,18)(H,14,16,17). The molecule has 2 heterocycles. The molecule has 7 heteroatoms. The Kier molecular flexibility index (Phi) is 2.81. The fourth-order valence-corrected chi connectivity index (χ4v) is 2.45. The van der Waals surface area contributed by atoms with Crippen LogP contribution in [0.4, 0.5) is 0 Å². The Morgan fingerprint density at radius 2 is 2.21 bits per heavy atom. The number of nitrogens with one attached hydrogen (secondary N) is 1. The predicted octanol–water partition coefficient (Wildman–Crippen LogP) is 1.69. The highest BCUT2D eigenvalue weighted by Gasteiger charge is 2.18. The Balaban J connectivity index is 2.31. The van der Waals surface area contributed by atoms with Gasteiger partial charge in [-0.15, -0.1) is 11.3 Å². The third-order valence-electron chi connectivity index (χ3n) is 2.69. The van der Waals surface area contributed by atoms with Crippen molar-refractivity contribution in [2.24, 2.45) is 5.73 Å². The van der Waals surface area contributed by atoms with Gasteiger partial charge in [0.05, 0.1) is 11.2 Å². The molecule has 0 aliphatic carbocycles. The van der Waals surface area contributed by atoms with Crippen molar-refractivity contribution >= 4 is 17.2 Å². The molecule has 19 heavy (non-hydrogen) atoms. The first kappa shape index (κ1) is 11.5. The maximum absolute atomic E-state index is 11.6. The summed E-state index contributed by atoms with van der Waals surface area (Å²) in [5.74, 6) is 0.0791. The SMILES string of the molecule is NC(=O)c1cccc(-c2ncn[nH]2)c1-c1cscn1. The highest BCUT2D eigenvalue weighted by atomic mass is 32.1. The molecule has 1 amide bonds.